The maximum absolute atomic E-state index is 2.71. The molecule has 2 nitrogen and oxygen atoms in total. The second-order valence-corrected chi connectivity index (χ2v) is 28.1. The minimum absolute atomic E-state index is 0.0534. The summed E-state index contributed by atoms with van der Waals surface area (Å²) in [6.07, 6.45) is 10.8. The van der Waals surface area contributed by atoms with Gasteiger partial charge in [0.1, 0.15) is 0 Å². The summed E-state index contributed by atoms with van der Waals surface area (Å²) in [4.78, 5) is 5.31. The van der Waals surface area contributed by atoms with Gasteiger partial charge in [0.15, 0.2) is 0 Å². The standard InChI is InChI=1S/C80H62N2S3/c1-47(2)49-37-41-51(42-38-49)81(66-32-19-26-57-54-22-9-16-34-70(54)83-76(57)66)68-45-64-73(56-24-8-7-21-53(56)68)75-65(80(64)62-30-14-12-28-60(62)79(5,6)61-29-13-15-31-63(61)80)46-69(74-59-25-11-18-36-72(59)85-78(74)75)82(52-43-39-50(40-44-52)48(3)4)67-33-20-27-58-55-23-10-17-35-71(55)84-77(58)67/h7-23,25-48,56H,24H2,1-6H3. The lowest BCUT2D eigenvalue weighted by Gasteiger charge is -2.48. The minimum Gasteiger partial charge on any atom is -0.309 e. The molecule has 3 heterocycles. The Morgan fingerprint density at radius 1 is 0.447 bits per heavy atom. The van der Waals surface area contributed by atoms with E-state index in [1.807, 2.05) is 34.0 Å². The number of nitrogens with zero attached hydrogens (tertiary/aromatic N) is 2. The summed E-state index contributed by atoms with van der Waals surface area (Å²) in [7, 11) is 0. The first-order chi connectivity index (χ1) is 41.6. The molecule has 17 rings (SSSR count). The van der Waals surface area contributed by atoms with Crippen LogP contribution in [0, 0.1) is 5.92 Å². The van der Waals surface area contributed by atoms with E-state index in [0.29, 0.717) is 11.8 Å². The minimum atomic E-state index is -0.724. The molecule has 0 aliphatic heterocycles. The number of hydrogen-bond acceptors (Lipinski definition) is 5. The molecule has 0 bridgehead atoms. The van der Waals surface area contributed by atoms with Crippen molar-refractivity contribution in [2.24, 2.45) is 5.92 Å². The molecule has 0 fully saturated rings. The normalized spacial score (nSPS) is 16.4. The molecule has 4 aliphatic rings. The summed E-state index contributed by atoms with van der Waals surface area (Å²) in [6.45, 7) is 14.1. The number of rotatable bonds is 8. The van der Waals surface area contributed by atoms with E-state index < -0.39 is 5.41 Å². The van der Waals surface area contributed by atoms with Crippen LogP contribution in [0.5, 0.6) is 0 Å². The van der Waals surface area contributed by atoms with Crippen molar-refractivity contribution >= 4 is 129 Å². The molecule has 3 aromatic heterocycles. The molecule has 85 heavy (non-hydrogen) atoms. The predicted molar refractivity (Wildman–Crippen MR) is 368 cm³/mol. The second-order valence-electron chi connectivity index (χ2n) is 24.9. The van der Waals surface area contributed by atoms with Gasteiger partial charge >= 0.3 is 0 Å². The zero-order chi connectivity index (χ0) is 57.0. The number of hydrogen-bond donors (Lipinski definition) is 0. The summed E-state index contributed by atoms with van der Waals surface area (Å²) in [5.74, 6) is 0.855. The largest absolute Gasteiger partial charge is 0.309 e. The Morgan fingerprint density at radius 2 is 0.918 bits per heavy atom. The van der Waals surface area contributed by atoms with Crippen molar-refractivity contribution < 1.29 is 0 Å². The Morgan fingerprint density at radius 3 is 1.48 bits per heavy atom. The number of anilines is 5. The van der Waals surface area contributed by atoms with Gasteiger partial charge in [-0.05, 0) is 141 Å². The van der Waals surface area contributed by atoms with Crippen molar-refractivity contribution in [3.8, 4) is 0 Å². The van der Waals surface area contributed by atoms with Gasteiger partial charge in [0.25, 0.3) is 0 Å². The number of fused-ring (bicyclic) bond motifs is 20. The van der Waals surface area contributed by atoms with E-state index in [1.165, 1.54) is 145 Å². The maximum Gasteiger partial charge on any atom is 0.0718 e. The molecular formula is C80H62N2S3. The van der Waals surface area contributed by atoms with Crippen LogP contribution in [-0.2, 0) is 10.8 Å². The third-order valence-electron chi connectivity index (χ3n) is 19.5. The van der Waals surface area contributed by atoms with E-state index in [9.17, 15) is 0 Å². The quantitative estimate of drug-likeness (QED) is 0.150. The Balaban J connectivity index is 1.04. The summed E-state index contributed by atoms with van der Waals surface area (Å²) in [6, 6.07) is 82.0. The van der Waals surface area contributed by atoms with Gasteiger partial charge in [0.2, 0.25) is 0 Å². The van der Waals surface area contributed by atoms with E-state index >= 15 is 0 Å². The highest BCUT2D eigenvalue weighted by Crippen LogP contribution is 2.68. The first-order valence-corrected chi connectivity index (χ1v) is 32.7. The SMILES string of the molecule is CC(C)c1ccc(N(C2=CC3=C(c4c(cc(N(c5ccc(C(C)C)cc5)c5cccc6c5sc5ccccc56)c5c4sc4ccccc45)C34c3ccccc3C(C)(C)c3ccccc34)C3CC=CC=C23)c2cccc3c2sc2ccccc23)cc1. The van der Waals surface area contributed by atoms with Crippen LogP contribution in [0.15, 0.2) is 253 Å². The van der Waals surface area contributed by atoms with E-state index in [2.05, 4.69) is 288 Å². The molecule has 1 unspecified atom stereocenters. The third-order valence-corrected chi connectivity index (χ3v) is 23.1. The highest BCUT2D eigenvalue weighted by Gasteiger charge is 2.57. The molecule has 0 saturated heterocycles. The van der Waals surface area contributed by atoms with E-state index in [4.69, 9.17) is 0 Å². The van der Waals surface area contributed by atoms with Crippen molar-refractivity contribution in [2.45, 2.75) is 70.6 Å². The number of benzene rings is 10. The fourth-order valence-electron chi connectivity index (χ4n) is 15.5. The van der Waals surface area contributed by atoms with Gasteiger partial charge in [-0.3, -0.25) is 0 Å². The van der Waals surface area contributed by atoms with E-state index in [0.717, 1.165) is 17.8 Å². The Bertz CT molecular complexity index is 5040. The molecule has 410 valence electrons. The van der Waals surface area contributed by atoms with Crippen LogP contribution in [0.2, 0.25) is 0 Å². The Hall–Kier alpha value is -8.58. The molecule has 0 amide bonds. The molecule has 1 atom stereocenters. The van der Waals surface area contributed by atoms with Crippen LogP contribution >= 0.6 is 34.0 Å². The lowest BCUT2D eigenvalue weighted by atomic mass is 9.54. The van der Waals surface area contributed by atoms with Crippen LogP contribution in [-0.4, -0.2) is 0 Å². The van der Waals surface area contributed by atoms with Crippen LogP contribution in [0.3, 0.4) is 0 Å². The average Bonchev–Trinajstić information content (AvgIpc) is 2.00. The molecule has 0 saturated carbocycles. The predicted octanol–water partition coefficient (Wildman–Crippen LogP) is 23.5. The molecule has 10 aromatic carbocycles. The highest BCUT2D eigenvalue weighted by molar-refractivity contribution is 7.27. The fraction of sp³-hybridized carbons (Fsp3) is 0.150. The van der Waals surface area contributed by atoms with Crippen molar-refractivity contribution in [2.75, 3.05) is 9.80 Å². The monoisotopic (exact) mass is 1150 g/mol. The highest BCUT2D eigenvalue weighted by atomic mass is 32.1. The van der Waals surface area contributed by atoms with Crippen LogP contribution in [0.4, 0.5) is 28.4 Å². The molecule has 5 heteroatoms. The van der Waals surface area contributed by atoms with E-state index in [-0.39, 0.29) is 11.3 Å². The average molecular weight is 1150 g/mol. The summed E-state index contributed by atoms with van der Waals surface area (Å²) in [5, 5.41) is 7.79. The fourth-order valence-corrected chi connectivity index (χ4v) is 19.2. The lowest BCUT2D eigenvalue weighted by molar-refractivity contribution is 0.560. The van der Waals surface area contributed by atoms with Gasteiger partial charge in [-0.2, -0.15) is 0 Å². The van der Waals surface area contributed by atoms with E-state index in [1.54, 1.807) is 0 Å². The van der Waals surface area contributed by atoms with Gasteiger partial charge < -0.3 is 9.80 Å². The maximum atomic E-state index is 2.71. The topological polar surface area (TPSA) is 6.48 Å². The molecule has 4 aliphatic carbocycles. The second kappa shape index (κ2) is 19.0. The summed E-state index contributed by atoms with van der Waals surface area (Å²) >= 11 is 5.82. The lowest BCUT2D eigenvalue weighted by Crippen LogP contribution is -2.41. The van der Waals surface area contributed by atoms with Crippen molar-refractivity contribution in [1.29, 1.82) is 0 Å². The van der Waals surface area contributed by atoms with Crippen molar-refractivity contribution in [1.82, 2.24) is 0 Å². The Kier molecular flexibility index (Phi) is 11.4. The van der Waals surface area contributed by atoms with Crippen LogP contribution < -0.4 is 9.80 Å². The first-order valence-electron chi connectivity index (χ1n) is 30.2. The van der Waals surface area contributed by atoms with Gasteiger partial charge in [0.05, 0.1) is 37.6 Å². The summed E-state index contributed by atoms with van der Waals surface area (Å²) < 4.78 is 7.85. The molecule has 0 N–H and O–H groups in total. The molecule has 1 spiro atoms. The van der Waals surface area contributed by atoms with Gasteiger partial charge in [-0.15, -0.1) is 34.0 Å². The summed E-state index contributed by atoms with van der Waals surface area (Å²) in [5.41, 5.74) is 21.3. The van der Waals surface area contributed by atoms with Gasteiger partial charge in [-0.1, -0.05) is 211 Å². The zero-order valence-corrected chi connectivity index (χ0v) is 51.0. The van der Waals surface area contributed by atoms with Crippen LogP contribution in [0.25, 0.3) is 66.1 Å². The van der Waals surface area contributed by atoms with Crippen LogP contribution in [0.1, 0.15) is 104 Å². The van der Waals surface area contributed by atoms with Gasteiger partial charge in [0, 0.05) is 79.4 Å². The van der Waals surface area contributed by atoms with Gasteiger partial charge in [-0.25, -0.2) is 0 Å². The number of allylic oxidation sites excluding steroid dienone is 7. The molecule has 13 aromatic rings. The zero-order valence-electron chi connectivity index (χ0n) is 48.6. The third kappa shape index (κ3) is 7.21. The van der Waals surface area contributed by atoms with Crippen molar-refractivity contribution in [3.63, 3.8) is 0 Å². The number of thiophene rings is 3. The molecular weight excluding hydrogens is 1090 g/mol. The smallest absolute Gasteiger partial charge is 0.0718 e. The Labute approximate surface area is 509 Å². The van der Waals surface area contributed by atoms with Crippen molar-refractivity contribution in [3.05, 3.63) is 298 Å². The first kappa shape index (κ1) is 50.9. The molecule has 0 radical (unpaired) electrons.